The van der Waals surface area contributed by atoms with Gasteiger partial charge in [-0.1, -0.05) is 48.0 Å². The molecular formula is C21H24O3. The minimum Gasteiger partial charge on any atom is -0.489 e. The lowest BCUT2D eigenvalue weighted by atomic mass is 9.77. The van der Waals surface area contributed by atoms with Gasteiger partial charge in [-0.3, -0.25) is 4.79 Å². The van der Waals surface area contributed by atoms with Crippen LogP contribution in [0.5, 0.6) is 5.75 Å². The van der Waals surface area contributed by atoms with Gasteiger partial charge in [-0.25, -0.2) is 0 Å². The Morgan fingerprint density at radius 3 is 2.46 bits per heavy atom. The fraction of sp³-hybridized carbons (Fsp3) is 0.286. The lowest BCUT2D eigenvalue weighted by Gasteiger charge is -2.27. The second-order valence-electron chi connectivity index (χ2n) is 6.26. The van der Waals surface area contributed by atoms with Crippen LogP contribution in [0.25, 0.3) is 0 Å². The van der Waals surface area contributed by atoms with Crippen molar-refractivity contribution < 1.29 is 14.3 Å². The van der Waals surface area contributed by atoms with Gasteiger partial charge in [0.1, 0.15) is 12.4 Å². The third-order valence-electron chi connectivity index (χ3n) is 4.01. The lowest BCUT2D eigenvalue weighted by Crippen LogP contribution is -2.34. The molecule has 0 fully saturated rings. The zero-order chi connectivity index (χ0) is 17.6. The normalized spacial score (nSPS) is 13.0. The van der Waals surface area contributed by atoms with Crippen LogP contribution < -0.4 is 4.74 Å². The highest BCUT2D eigenvalue weighted by molar-refractivity contribution is 5.83. The summed E-state index contributed by atoms with van der Waals surface area (Å²) in [6.45, 7) is 8.22. The van der Waals surface area contributed by atoms with Crippen LogP contribution in [-0.2, 0) is 21.6 Å². The highest BCUT2D eigenvalue weighted by Gasteiger charge is 2.36. The van der Waals surface area contributed by atoms with E-state index in [0.29, 0.717) is 13.0 Å². The second-order valence-corrected chi connectivity index (χ2v) is 6.26. The summed E-state index contributed by atoms with van der Waals surface area (Å²) in [6.07, 6.45) is 0.530. The van der Waals surface area contributed by atoms with Crippen LogP contribution in [0.4, 0.5) is 0 Å². The number of hydrogen-bond acceptors (Lipinski definition) is 3. The molecule has 0 spiro atoms. The van der Waals surface area contributed by atoms with Crippen molar-refractivity contribution in [3.8, 4) is 5.75 Å². The van der Waals surface area contributed by atoms with Crippen molar-refractivity contribution in [3.63, 3.8) is 0 Å². The fourth-order valence-electron chi connectivity index (χ4n) is 2.79. The molecule has 126 valence electrons. The molecule has 1 unspecified atom stereocenters. The van der Waals surface area contributed by atoms with Gasteiger partial charge >= 0.3 is 5.97 Å². The smallest absolute Gasteiger partial charge is 0.316 e. The van der Waals surface area contributed by atoms with E-state index in [-0.39, 0.29) is 5.97 Å². The molecule has 0 aliphatic carbocycles. The highest BCUT2D eigenvalue weighted by atomic mass is 16.5. The molecule has 0 saturated heterocycles. The summed E-state index contributed by atoms with van der Waals surface area (Å²) in [5.74, 6) is 0.457. The molecule has 2 aromatic rings. The van der Waals surface area contributed by atoms with E-state index in [0.717, 1.165) is 22.4 Å². The van der Waals surface area contributed by atoms with Crippen molar-refractivity contribution in [1.29, 1.82) is 0 Å². The topological polar surface area (TPSA) is 35.5 Å². The molecule has 24 heavy (non-hydrogen) atoms. The van der Waals surface area contributed by atoms with E-state index in [4.69, 9.17) is 9.47 Å². The summed E-state index contributed by atoms with van der Waals surface area (Å²) in [6, 6.07) is 17.6. The van der Waals surface area contributed by atoms with Crippen LogP contribution >= 0.6 is 0 Å². The number of allylic oxidation sites excluding steroid dienone is 1. The van der Waals surface area contributed by atoms with Gasteiger partial charge < -0.3 is 9.47 Å². The minimum absolute atomic E-state index is 0.272. The van der Waals surface area contributed by atoms with Crippen molar-refractivity contribution in [1.82, 2.24) is 0 Å². The predicted molar refractivity (Wildman–Crippen MR) is 96.0 cm³/mol. The third kappa shape index (κ3) is 4.25. The van der Waals surface area contributed by atoms with Gasteiger partial charge in [-0.2, -0.15) is 0 Å². The number of esters is 1. The van der Waals surface area contributed by atoms with Gasteiger partial charge in [0.15, 0.2) is 0 Å². The van der Waals surface area contributed by atoms with Gasteiger partial charge in [0.05, 0.1) is 12.5 Å². The minimum atomic E-state index is -0.771. The average Bonchev–Trinajstić information content (AvgIpc) is 2.59. The molecule has 0 radical (unpaired) electrons. The highest BCUT2D eigenvalue weighted by Crippen LogP contribution is 2.33. The van der Waals surface area contributed by atoms with Gasteiger partial charge in [0.2, 0.25) is 0 Å². The van der Waals surface area contributed by atoms with E-state index in [2.05, 4.69) is 6.58 Å². The van der Waals surface area contributed by atoms with Crippen LogP contribution in [0.1, 0.15) is 31.4 Å². The zero-order valence-corrected chi connectivity index (χ0v) is 14.5. The first-order chi connectivity index (χ1) is 11.5. The first-order valence-corrected chi connectivity index (χ1v) is 7.96. The first-order valence-electron chi connectivity index (χ1n) is 7.96. The molecule has 0 amide bonds. The molecule has 3 heteroatoms. The Bertz CT molecular complexity index is 706. The number of benzene rings is 2. The number of hydrogen-bond donors (Lipinski definition) is 0. The largest absolute Gasteiger partial charge is 0.489 e. The molecule has 3 nitrogen and oxygen atoms in total. The molecule has 0 aliphatic rings. The number of carbonyl (C=O) groups is 1. The summed E-state index contributed by atoms with van der Waals surface area (Å²) in [5, 5.41) is 0. The van der Waals surface area contributed by atoms with Crippen molar-refractivity contribution in [3.05, 3.63) is 77.9 Å². The van der Waals surface area contributed by atoms with Crippen molar-refractivity contribution in [2.24, 2.45) is 0 Å². The third-order valence-corrected chi connectivity index (χ3v) is 4.01. The Morgan fingerprint density at radius 1 is 1.12 bits per heavy atom. The SMILES string of the molecule is C=C(C)CC(C)(C(=O)OC)c1cccc(OCc2ccccc2)c1. The van der Waals surface area contributed by atoms with Crippen molar-refractivity contribution in [2.75, 3.05) is 7.11 Å². The Labute approximate surface area is 143 Å². The molecule has 0 N–H and O–H groups in total. The van der Waals surface area contributed by atoms with Crippen LogP contribution in [-0.4, -0.2) is 13.1 Å². The van der Waals surface area contributed by atoms with Crippen LogP contribution in [0.2, 0.25) is 0 Å². The molecule has 0 saturated carbocycles. The predicted octanol–water partition coefficient (Wildman–Crippen LogP) is 4.66. The van der Waals surface area contributed by atoms with E-state index >= 15 is 0 Å². The van der Waals surface area contributed by atoms with Gasteiger partial charge in [0, 0.05) is 0 Å². The number of carbonyl (C=O) groups excluding carboxylic acids is 1. The maximum atomic E-state index is 12.4. The summed E-state index contributed by atoms with van der Waals surface area (Å²) in [4.78, 5) is 12.4. The van der Waals surface area contributed by atoms with E-state index in [1.165, 1.54) is 7.11 Å². The van der Waals surface area contributed by atoms with E-state index in [1.54, 1.807) is 0 Å². The molecular weight excluding hydrogens is 300 g/mol. The number of rotatable bonds is 7. The Kier molecular flexibility index (Phi) is 5.80. The standard InChI is InChI=1S/C21H24O3/c1-16(2)14-21(3,20(22)23-4)18-11-8-12-19(13-18)24-15-17-9-6-5-7-10-17/h5-13H,1,14-15H2,2-4H3. The van der Waals surface area contributed by atoms with Crippen LogP contribution in [0, 0.1) is 0 Å². The average molecular weight is 324 g/mol. The summed E-state index contributed by atoms with van der Waals surface area (Å²) >= 11 is 0. The second kappa shape index (κ2) is 7.82. The quantitative estimate of drug-likeness (QED) is 0.549. The number of ether oxygens (including phenoxy) is 2. The van der Waals surface area contributed by atoms with Crippen LogP contribution in [0.15, 0.2) is 66.7 Å². The van der Waals surface area contributed by atoms with Gasteiger partial charge in [-0.15, -0.1) is 6.58 Å². The first kappa shape index (κ1) is 17.8. The van der Waals surface area contributed by atoms with E-state index in [1.807, 2.05) is 68.4 Å². The van der Waals surface area contributed by atoms with Gasteiger partial charge in [0.25, 0.3) is 0 Å². The molecule has 0 heterocycles. The van der Waals surface area contributed by atoms with E-state index in [9.17, 15) is 4.79 Å². The Hall–Kier alpha value is -2.55. The van der Waals surface area contributed by atoms with E-state index < -0.39 is 5.41 Å². The van der Waals surface area contributed by atoms with Gasteiger partial charge in [-0.05, 0) is 43.5 Å². The summed E-state index contributed by atoms with van der Waals surface area (Å²) < 4.78 is 10.9. The molecule has 0 aliphatic heterocycles. The maximum absolute atomic E-state index is 12.4. The number of methoxy groups -OCH3 is 1. The molecule has 1 atom stereocenters. The molecule has 0 aromatic heterocycles. The molecule has 2 rings (SSSR count). The monoisotopic (exact) mass is 324 g/mol. The van der Waals surface area contributed by atoms with Crippen molar-refractivity contribution >= 4 is 5.97 Å². The molecule has 0 bridgehead atoms. The van der Waals surface area contributed by atoms with Crippen LogP contribution in [0.3, 0.4) is 0 Å². The molecule has 2 aromatic carbocycles. The maximum Gasteiger partial charge on any atom is 0.316 e. The zero-order valence-electron chi connectivity index (χ0n) is 14.5. The van der Waals surface area contributed by atoms with Crippen molar-refractivity contribution in [2.45, 2.75) is 32.3 Å². The summed E-state index contributed by atoms with van der Waals surface area (Å²) in [5.41, 5.74) is 2.12. The lowest BCUT2D eigenvalue weighted by molar-refractivity contribution is -0.146. The fourth-order valence-corrected chi connectivity index (χ4v) is 2.79. The Morgan fingerprint density at radius 2 is 1.83 bits per heavy atom. The summed E-state index contributed by atoms with van der Waals surface area (Å²) in [7, 11) is 1.41. The Balaban J connectivity index is 2.23.